The van der Waals surface area contributed by atoms with Crippen molar-refractivity contribution in [1.29, 1.82) is 0 Å². The molecule has 3 aromatic heterocycles. The number of hydrogen-bond acceptors (Lipinski definition) is 10. The second-order valence-corrected chi connectivity index (χ2v) is 11.9. The largest absolute Gasteiger partial charge is 0.378 e. The predicted molar refractivity (Wildman–Crippen MR) is 126 cm³/mol. The number of ether oxygens (including phenoxy) is 1. The summed E-state index contributed by atoms with van der Waals surface area (Å²) in [6.45, 7) is 6.97. The van der Waals surface area contributed by atoms with Gasteiger partial charge < -0.3 is 14.5 Å². The van der Waals surface area contributed by atoms with Crippen molar-refractivity contribution in [3.63, 3.8) is 0 Å². The predicted octanol–water partition coefficient (Wildman–Crippen LogP) is 2.32. The number of piperazine rings is 1. The Morgan fingerprint density at radius 3 is 2.31 bits per heavy atom. The molecule has 0 unspecified atom stereocenters. The van der Waals surface area contributed by atoms with E-state index in [0.29, 0.717) is 43.6 Å². The van der Waals surface area contributed by atoms with Crippen LogP contribution in [0.3, 0.4) is 0 Å². The van der Waals surface area contributed by atoms with Gasteiger partial charge in [-0.3, -0.25) is 0 Å². The Kier molecular flexibility index (Phi) is 6.12. The van der Waals surface area contributed by atoms with Crippen LogP contribution >= 0.6 is 22.7 Å². The number of aryl methyl sites for hydroxylation is 1. The Bertz CT molecular complexity index is 1180. The summed E-state index contributed by atoms with van der Waals surface area (Å²) >= 11 is 2.84. The van der Waals surface area contributed by atoms with Crippen molar-refractivity contribution in [3.05, 3.63) is 34.9 Å². The third-order valence-electron chi connectivity index (χ3n) is 5.58. The lowest BCUT2D eigenvalue weighted by molar-refractivity contribution is 0.122. The number of morpholine rings is 1. The SMILES string of the molecule is Cc1nc(-c2ccc(S(=O)(=O)N3CCN(c4cc(N5CCOCC5)ncn4)CC3)s2)cs1. The molecular weight excluding hydrogens is 468 g/mol. The van der Waals surface area contributed by atoms with Gasteiger partial charge in [0.25, 0.3) is 10.0 Å². The summed E-state index contributed by atoms with van der Waals surface area (Å²) in [5.74, 6) is 1.72. The maximum Gasteiger partial charge on any atom is 0.252 e. The highest BCUT2D eigenvalue weighted by molar-refractivity contribution is 7.91. The quantitative estimate of drug-likeness (QED) is 0.536. The van der Waals surface area contributed by atoms with Gasteiger partial charge in [0.15, 0.2) is 0 Å². The normalized spacial score (nSPS) is 18.3. The van der Waals surface area contributed by atoms with Gasteiger partial charge in [0.2, 0.25) is 0 Å². The van der Waals surface area contributed by atoms with Crippen molar-refractivity contribution in [2.75, 3.05) is 62.3 Å². The van der Waals surface area contributed by atoms with E-state index < -0.39 is 10.0 Å². The Labute approximate surface area is 195 Å². The van der Waals surface area contributed by atoms with E-state index in [2.05, 4.69) is 24.8 Å². The smallest absolute Gasteiger partial charge is 0.252 e. The van der Waals surface area contributed by atoms with Crippen LogP contribution in [0.4, 0.5) is 11.6 Å². The highest BCUT2D eigenvalue weighted by Crippen LogP contribution is 2.33. The van der Waals surface area contributed by atoms with Gasteiger partial charge in [-0.15, -0.1) is 22.7 Å². The molecule has 32 heavy (non-hydrogen) atoms. The standard InChI is InChI=1S/C20H24N6O3S3/c1-15-23-16(13-30-15)17-2-3-20(31-17)32(27,28)26-6-4-24(5-7-26)18-12-19(22-14-21-18)25-8-10-29-11-9-25/h2-3,12-14H,4-11H2,1H3. The molecule has 12 heteroatoms. The summed E-state index contributed by atoms with van der Waals surface area (Å²) in [5, 5.41) is 2.93. The monoisotopic (exact) mass is 492 g/mol. The third-order valence-corrected chi connectivity index (χ3v) is 9.83. The number of nitrogens with zero attached hydrogens (tertiary/aromatic N) is 6. The van der Waals surface area contributed by atoms with Crippen LogP contribution in [0.1, 0.15) is 5.01 Å². The van der Waals surface area contributed by atoms with Crippen LogP contribution < -0.4 is 9.80 Å². The molecule has 0 aliphatic carbocycles. The fraction of sp³-hybridized carbons (Fsp3) is 0.450. The fourth-order valence-electron chi connectivity index (χ4n) is 3.83. The van der Waals surface area contributed by atoms with Crippen molar-refractivity contribution in [2.45, 2.75) is 11.1 Å². The molecule has 9 nitrogen and oxygen atoms in total. The van der Waals surface area contributed by atoms with E-state index in [9.17, 15) is 8.42 Å². The minimum Gasteiger partial charge on any atom is -0.378 e. The number of aromatic nitrogens is 3. The summed E-state index contributed by atoms with van der Waals surface area (Å²) in [7, 11) is -3.53. The van der Waals surface area contributed by atoms with Crippen LogP contribution in [0.2, 0.25) is 0 Å². The molecule has 0 atom stereocenters. The topological polar surface area (TPSA) is 91.8 Å². The zero-order valence-electron chi connectivity index (χ0n) is 17.7. The summed E-state index contributed by atoms with van der Waals surface area (Å²) in [6.07, 6.45) is 1.58. The van der Waals surface area contributed by atoms with Gasteiger partial charge in [0.1, 0.15) is 22.2 Å². The van der Waals surface area contributed by atoms with Gasteiger partial charge in [-0.1, -0.05) is 0 Å². The molecule has 2 aliphatic heterocycles. The summed E-state index contributed by atoms with van der Waals surface area (Å²) in [4.78, 5) is 18.5. The molecular formula is C20H24N6O3S3. The molecule has 0 spiro atoms. The number of anilines is 2. The first-order valence-corrected chi connectivity index (χ1v) is 13.6. The first-order chi connectivity index (χ1) is 15.5. The third kappa shape index (κ3) is 4.37. The number of thiazole rings is 1. The first kappa shape index (κ1) is 21.7. The molecule has 0 bridgehead atoms. The molecule has 3 aromatic rings. The van der Waals surface area contributed by atoms with E-state index in [-0.39, 0.29) is 0 Å². The van der Waals surface area contributed by atoms with Crippen LogP contribution in [0.15, 0.2) is 34.1 Å². The maximum atomic E-state index is 13.2. The van der Waals surface area contributed by atoms with Gasteiger partial charge in [-0.25, -0.2) is 23.4 Å². The van der Waals surface area contributed by atoms with Gasteiger partial charge in [0.05, 0.1) is 28.8 Å². The summed E-state index contributed by atoms with van der Waals surface area (Å²) < 4.78 is 33.7. The minimum atomic E-state index is -3.53. The van der Waals surface area contributed by atoms with E-state index >= 15 is 0 Å². The van der Waals surface area contributed by atoms with Crippen LogP contribution in [0, 0.1) is 6.92 Å². The molecule has 5 rings (SSSR count). The van der Waals surface area contributed by atoms with Crippen molar-refractivity contribution < 1.29 is 13.2 Å². The molecule has 2 fully saturated rings. The van der Waals surface area contributed by atoms with Crippen molar-refractivity contribution in [1.82, 2.24) is 19.3 Å². The Morgan fingerprint density at radius 1 is 0.969 bits per heavy atom. The highest BCUT2D eigenvalue weighted by Gasteiger charge is 2.30. The molecule has 0 aromatic carbocycles. The van der Waals surface area contributed by atoms with Gasteiger partial charge in [-0.05, 0) is 19.1 Å². The van der Waals surface area contributed by atoms with Gasteiger partial charge >= 0.3 is 0 Å². The number of rotatable bonds is 5. The molecule has 0 N–H and O–H groups in total. The lowest BCUT2D eigenvalue weighted by Gasteiger charge is -2.35. The molecule has 2 aliphatic rings. The molecule has 0 saturated carbocycles. The zero-order valence-corrected chi connectivity index (χ0v) is 20.1. The summed E-state index contributed by atoms with van der Waals surface area (Å²) in [5.41, 5.74) is 0.837. The fourth-order valence-corrected chi connectivity index (χ4v) is 7.36. The van der Waals surface area contributed by atoms with Crippen molar-refractivity contribution >= 4 is 44.3 Å². The molecule has 2 saturated heterocycles. The number of thiophene rings is 1. The Balaban J connectivity index is 1.26. The van der Waals surface area contributed by atoms with E-state index in [4.69, 9.17) is 4.74 Å². The molecule has 5 heterocycles. The minimum absolute atomic E-state index is 0.364. The molecule has 0 amide bonds. The van der Waals surface area contributed by atoms with Crippen molar-refractivity contribution in [3.8, 4) is 10.6 Å². The second-order valence-electron chi connectivity index (χ2n) is 7.60. The Morgan fingerprint density at radius 2 is 1.66 bits per heavy atom. The van der Waals surface area contributed by atoms with Crippen LogP contribution in [0.5, 0.6) is 0 Å². The average Bonchev–Trinajstić information content (AvgIpc) is 3.50. The zero-order chi connectivity index (χ0) is 22.1. The maximum absolute atomic E-state index is 13.2. The lowest BCUT2D eigenvalue weighted by Crippen LogP contribution is -2.48. The molecule has 170 valence electrons. The van der Waals surface area contributed by atoms with Crippen molar-refractivity contribution in [2.24, 2.45) is 0 Å². The second kappa shape index (κ2) is 9.02. The Hall–Kier alpha value is -2.12. The van der Waals surface area contributed by atoms with Gasteiger partial charge in [0, 0.05) is 50.7 Å². The van der Waals surface area contributed by atoms with E-state index in [1.54, 1.807) is 28.0 Å². The van der Waals surface area contributed by atoms with E-state index in [0.717, 1.165) is 40.3 Å². The van der Waals surface area contributed by atoms with Crippen LogP contribution in [0.25, 0.3) is 10.6 Å². The van der Waals surface area contributed by atoms with Crippen LogP contribution in [-0.2, 0) is 14.8 Å². The van der Waals surface area contributed by atoms with E-state index in [1.165, 1.54) is 11.3 Å². The van der Waals surface area contributed by atoms with E-state index in [1.807, 2.05) is 24.4 Å². The first-order valence-electron chi connectivity index (χ1n) is 10.4. The summed E-state index contributed by atoms with van der Waals surface area (Å²) in [6, 6.07) is 5.52. The number of sulfonamides is 1. The van der Waals surface area contributed by atoms with Gasteiger partial charge in [-0.2, -0.15) is 4.31 Å². The molecule has 0 radical (unpaired) electrons. The highest BCUT2D eigenvalue weighted by atomic mass is 32.2. The van der Waals surface area contributed by atoms with Crippen LogP contribution in [-0.4, -0.2) is 80.2 Å². The number of hydrogen-bond donors (Lipinski definition) is 0. The average molecular weight is 493 g/mol. The lowest BCUT2D eigenvalue weighted by atomic mass is 10.3.